The largest absolute Gasteiger partial charge is 0.373 e. The van der Waals surface area contributed by atoms with Gasteiger partial charge in [0.1, 0.15) is 5.82 Å². The molecule has 2 rings (SSSR count). The first kappa shape index (κ1) is 16.5. The molecule has 0 bridgehead atoms. The normalized spacial score (nSPS) is 11.4. The molecule has 0 heterocycles. The van der Waals surface area contributed by atoms with Crippen LogP contribution >= 0.6 is 0 Å². The number of likely N-dealkylation sites (N-methyl/N-ethyl adjacent to an activating group) is 1. The second-order valence-electron chi connectivity index (χ2n) is 5.00. The van der Waals surface area contributed by atoms with E-state index in [0.717, 1.165) is 5.69 Å². The van der Waals surface area contributed by atoms with Crippen LogP contribution in [-0.2, 0) is 15.8 Å². The molecule has 0 saturated carbocycles. The molecule has 0 fully saturated rings. The van der Waals surface area contributed by atoms with E-state index in [1.165, 1.54) is 18.2 Å². The molecule has 4 nitrogen and oxygen atoms in total. The summed E-state index contributed by atoms with van der Waals surface area (Å²) >= 11 is 0. The predicted molar refractivity (Wildman–Crippen MR) is 86.7 cm³/mol. The van der Waals surface area contributed by atoms with E-state index in [0.29, 0.717) is 6.54 Å². The minimum Gasteiger partial charge on any atom is -0.373 e. The van der Waals surface area contributed by atoms with Crippen LogP contribution in [0.1, 0.15) is 5.56 Å². The van der Waals surface area contributed by atoms with Gasteiger partial charge < -0.3 is 4.90 Å². The SMILES string of the molecule is CN(CCNS(=O)(=O)Cc1ccccc1F)c1ccccc1. The van der Waals surface area contributed by atoms with Gasteiger partial charge in [-0.25, -0.2) is 17.5 Å². The van der Waals surface area contributed by atoms with E-state index in [9.17, 15) is 12.8 Å². The number of nitrogens with one attached hydrogen (secondary N) is 1. The summed E-state index contributed by atoms with van der Waals surface area (Å²) in [6.07, 6.45) is 0. The molecule has 118 valence electrons. The standard InChI is InChI=1S/C16H19FN2O2S/c1-19(15-8-3-2-4-9-15)12-11-18-22(20,21)13-14-7-5-6-10-16(14)17/h2-10,18H,11-13H2,1H3. The van der Waals surface area contributed by atoms with E-state index in [2.05, 4.69) is 4.72 Å². The highest BCUT2D eigenvalue weighted by Crippen LogP contribution is 2.11. The first-order valence-corrected chi connectivity index (χ1v) is 8.60. The third-order valence-corrected chi connectivity index (χ3v) is 4.60. The molecule has 0 aliphatic heterocycles. The Kier molecular flexibility index (Phi) is 5.51. The fourth-order valence-corrected chi connectivity index (χ4v) is 3.20. The summed E-state index contributed by atoms with van der Waals surface area (Å²) in [5.41, 5.74) is 1.18. The van der Waals surface area contributed by atoms with Crippen molar-refractivity contribution >= 4 is 15.7 Å². The Balaban J connectivity index is 1.87. The Labute approximate surface area is 130 Å². The number of halogens is 1. The lowest BCUT2D eigenvalue weighted by atomic mass is 10.2. The fourth-order valence-electron chi connectivity index (χ4n) is 2.05. The van der Waals surface area contributed by atoms with E-state index in [-0.39, 0.29) is 17.9 Å². The van der Waals surface area contributed by atoms with Gasteiger partial charge in [-0.05, 0) is 18.2 Å². The van der Waals surface area contributed by atoms with E-state index in [1.807, 2.05) is 42.3 Å². The number of rotatable bonds is 7. The van der Waals surface area contributed by atoms with Crippen LogP contribution in [0.3, 0.4) is 0 Å². The molecule has 0 radical (unpaired) electrons. The minimum atomic E-state index is -3.55. The summed E-state index contributed by atoms with van der Waals surface area (Å²) in [4.78, 5) is 1.95. The van der Waals surface area contributed by atoms with E-state index in [4.69, 9.17) is 0 Å². The molecule has 0 atom stereocenters. The van der Waals surface area contributed by atoms with E-state index >= 15 is 0 Å². The molecular formula is C16H19FN2O2S. The van der Waals surface area contributed by atoms with Crippen molar-refractivity contribution in [1.82, 2.24) is 4.72 Å². The molecule has 6 heteroatoms. The zero-order chi connectivity index (χ0) is 16.0. The maximum Gasteiger partial charge on any atom is 0.215 e. The highest BCUT2D eigenvalue weighted by atomic mass is 32.2. The Morgan fingerprint density at radius 2 is 1.68 bits per heavy atom. The molecule has 0 unspecified atom stereocenters. The van der Waals surface area contributed by atoms with Gasteiger partial charge in [0.25, 0.3) is 0 Å². The molecule has 22 heavy (non-hydrogen) atoms. The average molecular weight is 322 g/mol. The van der Waals surface area contributed by atoms with Crippen LogP contribution in [0.25, 0.3) is 0 Å². The molecule has 0 saturated heterocycles. The zero-order valence-corrected chi connectivity index (χ0v) is 13.2. The highest BCUT2D eigenvalue weighted by Gasteiger charge is 2.14. The van der Waals surface area contributed by atoms with Crippen molar-refractivity contribution in [3.05, 3.63) is 66.0 Å². The maximum atomic E-state index is 13.5. The van der Waals surface area contributed by atoms with Crippen LogP contribution in [0, 0.1) is 5.82 Å². The third kappa shape index (κ3) is 4.82. The van der Waals surface area contributed by atoms with Gasteiger partial charge in [-0.1, -0.05) is 36.4 Å². The van der Waals surface area contributed by atoms with Gasteiger partial charge in [-0.2, -0.15) is 0 Å². The average Bonchev–Trinajstić information content (AvgIpc) is 2.50. The number of hydrogen-bond acceptors (Lipinski definition) is 3. The molecule has 0 aliphatic rings. The van der Waals surface area contributed by atoms with Crippen molar-refractivity contribution in [2.24, 2.45) is 0 Å². The molecular weight excluding hydrogens is 303 g/mol. The zero-order valence-electron chi connectivity index (χ0n) is 12.4. The summed E-state index contributed by atoms with van der Waals surface area (Å²) in [5, 5.41) is 0. The van der Waals surface area contributed by atoms with Crippen LogP contribution in [0.15, 0.2) is 54.6 Å². The lowest BCUT2D eigenvalue weighted by Gasteiger charge is -2.19. The number of benzene rings is 2. The molecule has 0 spiro atoms. The van der Waals surface area contributed by atoms with E-state index < -0.39 is 15.8 Å². The third-order valence-electron chi connectivity index (χ3n) is 3.27. The number of nitrogens with zero attached hydrogens (tertiary/aromatic N) is 1. The Morgan fingerprint density at radius 3 is 2.36 bits per heavy atom. The quantitative estimate of drug-likeness (QED) is 0.851. The van der Waals surface area contributed by atoms with Gasteiger partial charge in [0.15, 0.2) is 0 Å². The number of sulfonamides is 1. The van der Waals surface area contributed by atoms with Crippen LogP contribution in [0.4, 0.5) is 10.1 Å². The Morgan fingerprint density at radius 1 is 1.05 bits per heavy atom. The van der Waals surface area contributed by atoms with Gasteiger partial charge in [0, 0.05) is 31.4 Å². The van der Waals surface area contributed by atoms with Crippen LogP contribution in [0.2, 0.25) is 0 Å². The van der Waals surface area contributed by atoms with Gasteiger partial charge in [-0.15, -0.1) is 0 Å². The number of hydrogen-bond donors (Lipinski definition) is 1. The second-order valence-corrected chi connectivity index (χ2v) is 6.81. The lowest BCUT2D eigenvalue weighted by Crippen LogP contribution is -2.33. The second kappa shape index (κ2) is 7.38. The van der Waals surface area contributed by atoms with Crippen molar-refractivity contribution in [2.75, 3.05) is 25.0 Å². The molecule has 0 aliphatic carbocycles. The lowest BCUT2D eigenvalue weighted by molar-refractivity contribution is 0.574. The molecule has 0 amide bonds. The Hall–Kier alpha value is -1.92. The highest BCUT2D eigenvalue weighted by molar-refractivity contribution is 7.88. The molecule has 1 N–H and O–H groups in total. The van der Waals surface area contributed by atoms with Crippen LogP contribution in [-0.4, -0.2) is 28.6 Å². The van der Waals surface area contributed by atoms with Crippen molar-refractivity contribution < 1.29 is 12.8 Å². The van der Waals surface area contributed by atoms with Gasteiger partial charge in [0.05, 0.1) is 5.75 Å². The van der Waals surface area contributed by atoms with Crippen molar-refractivity contribution in [2.45, 2.75) is 5.75 Å². The Bertz CT molecular complexity index is 705. The summed E-state index contributed by atoms with van der Waals surface area (Å²) < 4.78 is 39.9. The molecule has 0 aromatic heterocycles. The maximum absolute atomic E-state index is 13.5. The minimum absolute atomic E-state index is 0.173. The number of anilines is 1. The van der Waals surface area contributed by atoms with E-state index in [1.54, 1.807) is 6.07 Å². The summed E-state index contributed by atoms with van der Waals surface area (Å²) in [6, 6.07) is 15.6. The molecule has 2 aromatic rings. The van der Waals surface area contributed by atoms with Gasteiger partial charge in [0.2, 0.25) is 10.0 Å². The smallest absolute Gasteiger partial charge is 0.215 e. The van der Waals surface area contributed by atoms with Crippen molar-refractivity contribution in [3.8, 4) is 0 Å². The number of para-hydroxylation sites is 1. The summed E-state index contributed by atoms with van der Waals surface area (Å²) in [5.74, 6) is -0.858. The fraction of sp³-hybridized carbons (Fsp3) is 0.250. The predicted octanol–water partition coefficient (Wildman–Crippen LogP) is 2.38. The van der Waals surface area contributed by atoms with Gasteiger partial charge in [-0.3, -0.25) is 0 Å². The summed E-state index contributed by atoms with van der Waals surface area (Å²) in [6.45, 7) is 0.794. The first-order valence-electron chi connectivity index (χ1n) is 6.95. The monoisotopic (exact) mass is 322 g/mol. The van der Waals surface area contributed by atoms with Crippen LogP contribution < -0.4 is 9.62 Å². The van der Waals surface area contributed by atoms with Gasteiger partial charge >= 0.3 is 0 Å². The van der Waals surface area contributed by atoms with Crippen molar-refractivity contribution in [3.63, 3.8) is 0 Å². The molecule has 2 aromatic carbocycles. The topological polar surface area (TPSA) is 49.4 Å². The summed E-state index contributed by atoms with van der Waals surface area (Å²) in [7, 11) is -1.66. The van der Waals surface area contributed by atoms with Crippen molar-refractivity contribution in [1.29, 1.82) is 0 Å². The van der Waals surface area contributed by atoms with Crippen LogP contribution in [0.5, 0.6) is 0 Å². The first-order chi connectivity index (χ1) is 10.5.